The molecule has 0 aliphatic carbocycles. The van der Waals surface area contributed by atoms with Gasteiger partial charge in [-0.05, 0) is 61.0 Å². The molecule has 0 aliphatic heterocycles. The minimum Gasteiger partial charge on any atom is -0.493 e. The molecule has 0 heterocycles. The molecule has 64 heavy (non-hydrogen) atoms. The maximum absolute atomic E-state index is 13.6. The van der Waals surface area contributed by atoms with Gasteiger partial charge in [0.2, 0.25) is 0 Å². The Hall–Kier alpha value is -5.66. The molecule has 3 aromatic rings. The number of methoxy groups -OCH3 is 6. The zero-order chi connectivity index (χ0) is 46.6. The van der Waals surface area contributed by atoms with Gasteiger partial charge >= 0.3 is 23.9 Å². The number of esters is 4. The molecule has 0 atom stereocenters. The van der Waals surface area contributed by atoms with Crippen molar-refractivity contribution in [1.82, 2.24) is 0 Å². The average Bonchev–Trinajstić information content (AvgIpc) is 3.33. The Morgan fingerprint density at radius 3 is 0.953 bits per heavy atom. The van der Waals surface area contributed by atoms with Crippen LogP contribution in [0.1, 0.15) is 141 Å². The molecule has 0 amide bonds. The van der Waals surface area contributed by atoms with E-state index in [1.54, 1.807) is 18.2 Å². The van der Waals surface area contributed by atoms with Gasteiger partial charge in [-0.15, -0.1) is 0 Å². The van der Waals surface area contributed by atoms with Crippen LogP contribution in [0.4, 0.5) is 0 Å². The van der Waals surface area contributed by atoms with Crippen LogP contribution in [0.25, 0.3) is 0 Å². The highest BCUT2D eigenvalue weighted by Crippen LogP contribution is 2.32. The molecule has 14 nitrogen and oxygen atoms in total. The van der Waals surface area contributed by atoms with Crippen LogP contribution in [-0.2, 0) is 23.7 Å². The lowest BCUT2D eigenvalue weighted by Crippen LogP contribution is -2.44. The monoisotopic (exact) mass is 894 g/mol. The van der Waals surface area contributed by atoms with E-state index in [9.17, 15) is 19.2 Å². The number of ether oxygens (including phenoxy) is 10. The molecular weight excluding hydrogens is 825 g/mol. The van der Waals surface area contributed by atoms with Gasteiger partial charge in [-0.3, -0.25) is 4.79 Å². The highest BCUT2D eigenvalue weighted by Gasteiger charge is 2.39. The fourth-order valence-corrected chi connectivity index (χ4v) is 6.99. The van der Waals surface area contributed by atoms with Crippen LogP contribution in [0, 0.1) is 5.41 Å². The van der Waals surface area contributed by atoms with Crippen molar-refractivity contribution in [3.05, 3.63) is 71.3 Å². The van der Waals surface area contributed by atoms with Crippen LogP contribution < -0.4 is 28.4 Å². The Morgan fingerprint density at radius 2 is 0.656 bits per heavy atom. The second-order valence-corrected chi connectivity index (χ2v) is 15.8. The van der Waals surface area contributed by atoms with Crippen LogP contribution in [-0.4, -0.2) is 93.0 Å². The van der Waals surface area contributed by atoms with Crippen LogP contribution in [0.2, 0.25) is 0 Å². The normalized spacial score (nSPS) is 11.0. The van der Waals surface area contributed by atoms with Gasteiger partial charge in [0, 0.05) is 6.42 Å². The molecule has 0 fully saturated rings. The highest BCUT2D eigenvalue weighted by atomic mass is 16.6. The van der Waals surface area contributed by atoms with Gasteiger partial charge in [0.05, 0.1) is 59.3 Å². The van der Waals surface area contributed by atoms with Gasteiger partial charge in [-0.2, -0.15) is 0 Å². The predicted molar refractivity (Wildman–Crippen MR) is 242 cm³/mol. The molecule has 0 saturated carbocycles. The minimum absolute atomic E-state index is 0.126. The maximum atomic E-state index is 13.6. The summed E-state index contributed by atoms with van der Waals surface area (Å²) in [5, 5.41) is 0. The van der Waals surface area contributed by atoms with E-state index in [2.05, 4.69) is 6.92 Å². The Balaban J connectivity index is 1.75. The van der Waals surface area contributed by atoms with Crippen molar-refractivity contribution in [3.63, 3.8) is 0 Å². The Kier molecular flexibility index (Phi) is 24.4. The van der Waals surface area contributed by atoms with E-state index in [1.807, 2.05) is 0 Å². The van der Waals surface area contributed by atoms with E-state index in [0.717, 1.165) is 19.3 Å². The second kappa shape index (κ2) is 29.7. The molecule has 0 spiro atoms. The van der Waals surface area contributed by atoms with E-state index >= 15 is 0 Å². The lowest BCUT2D eigenvalue weighted by atomic mass is 9.92. The molecule has 0 aromatic heterocycles. The van der Waals surface area contributed by atoms with E-state index in [0.29, 0.717) is 40.9 Å². The maximum Gasteiger partial charge on any atom is 0.338 e. The van der Waals surface area contributed by atoms with E-state index in [4.69, 9.17) is 47.4 Å². The summed E-state index contributed by atoms with van der Waals surface area (Å²) in [5.74, 6) is -0.722. The van der Waals surface area contributed by atoms with Gasteiger partial charge in [0.1, 0.15) is 31.8 Å². The number of hydrogen-bond donors (Lipinski definition) is 0. The largest absolute Gasteiger partial charge is 0.493 e. The summed E-state index contributed by atoms with van der Waals surface area (Å²) in [4.78, 5) is 53.9. The number of unbranched alkanes of at least 4 members (excludes halogenated alkanes) is 14. The van der Waals surface area contributed by atoms with Crippen molar-refractivity contribution in [2.75, 3.05) is 69.1 Å². The number of benzene rings is 3. The summed E-state index contributed by atoms with van der Waals surface area (Å²) in [5.41, 5.74) is -1.20. The lowest BCUT2D eigenvalue weighted by molar-refractivity contribution is -0.151. The van der Waals surface area contributed by atoms with Gasteiger partial charge < -0.3 is 47.4 Å². The Labute approximate surface area is 379 Å². The SMILES string of the molecule is CCCCCCCCCCCCCCCCCC(=O)OCC(COC(=O)c1ccc(OC)c(OC)c1)(COC(=O)c1ccc(OC)c(OC)c1)COC(=O)c1ccc(OC)c(OC)c1. The first-order valence-electron chi connectivity index (χ1n) is 22.4. The van der Waals surface area contributed by atoms with E-state index in [-0.39, 0.29) is 23.1 Å². The van der Waals surface area contributed by atoms with Gasteiger partial charge in [-0.1, -0.05) is 96.8 Å². The molecule has 0 N–H and O–H groups in total. The second-order valence-electron chi connectivity index (χ2n) is 15.8. The van der Waals surface area contributed by atoms with E-state index < -0.39 is 55.7 Å². The number of hydrogen-bond acceptors (Lipinski definition) is 14. The Bertz CT molecular complexity index is 1700. The third-order valence-corrected chi connectivity index (χ3v) is 10.9. The molecule has 3 aromatic carbocycles. The first kappa shape index (κ1) is 52.7. The third-order valence-electron chi connectivity index (χ3n) is 10.9. The molecule has 0 bridgehead atoms. The summed E-state index contributed by atoms with van der Waals surface area (Å²) in [7, 11) is 8.72. The smallest absolute Gasteiger partial charge is 0.338 e. The summed E-state index contributed by atoms with van der Waals surface area (Å²) in [6.07, 6.45) is 18.1. The topological polar surface area (TPSA) is 161 Å². The lowest BCUT2D eigenvalue weighted by Gasteiger charge is -2.31. The molecular formula is C50H70O14. The molecule has 3 rings (SSSR count). The third kappa shape index (κ3) is 17.8. The number of rotatable bonds is 33. The predicted octanol–water partition coefficient (Wildman–Crippen LogP) is 10.4. The van der Waals surface area contributed by atoms with Crippen molar-refractivity contribution in [3.8, 4) is 34.5 Å². The van der Waals surface area contributed by atoms with Gasteiger partial charge in [-0.25, -0.2) is 14.4 Å². The molecule has 0 radical (unpaired) electrons. The van der Waals surface area contributed by atoms with Crippen molar-refractivity contribution in [2.24, 2.45) is 5.41 Å². The molecule has 0 aliphatic rings. The van der Waals surface area contributed by atoms with Crippen molar-refractivity contribution >= 4 is 23.9 Å². The van der Waals surface area contributed by atoms with Crippen LogP contribution in [0.5, 0.6) is 34.5 Å². The van der Waals surface area contributed by atoms with Gasteiger partial charge in [0.25, 0.3) is 0 Å². The van der Waals surface area contributed by atoms with Crippen LogP contribution in [0.15, 0.2) is 54.6 Å². The minimum atomic E-state index is -1.57. The number of carbonyl (C=O) groups excluding carboxylic acids is 4. The first-order valence-corrected chi connectivity index (χ1v) is 22.4. The molecule has 0 unspecified atom stereocenters. The fourth-order valence-electron chi connectivity index (χ4n) is 6.99. The van der Waals surface area contributed by atoms with Crippen molar-refractivity contribution in [1.29, 1.82) is 0 Å². The van der Waals surface area contributed by atoms with Gasteiger partial charge in [0.15, 0.2) is 34.5 Å². The highest BCUT2D eigenvalue weighted by molar-refractivity contribution is 5.91. The van der Waals surface area contributed by atoms with E-state index in [1.165, 1.54) is 150 Å². The summed E-state index contributed by atoms with van der Waals surface area (Å²) >= 11 is 0. The standard InChI is InChI=1S/C50H70O14/c1-8-9-10-11-12-13-14-15-16-17-18-19-20-21-22-23-46(51)61-33-50(34-62-47(52)37-24-27-40(55-2)43(30-37)58-5,35-63-48(53)38-25-28-41(56-3)44(31-38)59-6)36-64-49(54)39-26-29-42(57-4)45(32-39)60-7/h24-32H,8-23,33-36H2,1-7H3. The Morgan fingerprint density at radius 1 is 0.375 bits per heavy atom. The average molecular weight is 895 g/mol. The fraction of sp³-hybridized carbons (Fsp3) is 0.560. The molecule has 0 saturated heterocycles. The van der Waals surface area contributed by atoms with Crippen LogP contribution in [0.3, 0.4) is 0 Å². The molecule has 14 heteroatoms. The number of carbonyl (C=O) groups is 4. The van der Waals surface area contributed by atoms with Crippen LogP contribution >= 0.6 is 0 Å². The van der Waals surface area contributed by atoms with Crippen molar-refractivity contribution < 1.29 is 66.5 Å². The first-order chi connectivity index (χ1) is 31.1. The quantitative estimate of drug-likeness (QED) is 0.0323. The zero-order valence-corrected chi connectivity index (χ0v) is 39.1. The zero-order valence-electron chi connectivity index (χ0n) is 39.1. The summed E-state index contributed by atoms with van der Waals surface area (Å²) in [6, 6.07) is 13.5. The summed E-state index contributed by atoms with van der Waals surface area (Å²) in [6.45, 7) is 0.331. The summed E-state index contributed by atoms with van der Waals surface area (Å²) < 4.78 is 55.3. The molecule has 354 valence electrons. The van der Waals surface area contributed by atoms with Crippen molar-refractivity contribution in [2.45, 2.75) is 110 Å².